The third-order valence-electron chi connectivity index (χ3n) is 4.49. The van der Waals surface area contributed by atoms with E-state index in [9.17, 15) is 13.2 Å². The van der Waals surface area contributed by atoms with Crippen molar-refractivity contribution in [3.63, 3.8) is 0 Å². The Kier molecular flexibility index (Phi) is 16.1. The topological polar surface area (TPSA) is 107 Å². The van der Waals surface area contributed by atoms with Gasteiger partial charge in [-0.2, -0.15) is 8.42 Å². The molecule has 0 aromatic rings. The molecule has 0 fully saturated rings. The van der Waals surface area contributed by atoms with Gasteiger partial charge in [0.05, 0.1) is 12.4 Å². The molecule has 26 heavy (non-hydrogen) atoms. The highest BCUT2D eigenvalue weighted by molar-refractivity contribution is 7.86. The molecular formula is C19H39NO5S. The summed E-state index contributed by atoms with van der Waals surface area (Å²) in [7, 11) is -3.67. The monoisotopic (exact) mass is 393 g/mol. The molecule has 0 bridgehead atoms. The first-order chi connectivity index (χ1) is 12.4. The average Bonchev–Trinajstić information content (AvgIpc) is 2.60. The lowest BCUT2D eigenvalue weighted by molar-refractivity contribution is -0.139. The quantitative estimate of drug-likeness (QED) is 0.251. The van der Waals surface area contributed by atoms with E-state index in [0.29, 0.717) is 6.42 Å². The lowest BCUT2D eigenvalue weighted by Gasteiger charge is -2.08. The molecule has 0 amide bonds. The fourth-order valence-corrected chi connectivity index (χ4v) is 3.81. The Bertz CT molecular complexity index is 439. The number of rotatable bonds is 19. The van der Waals surface area contributed by atoms with Crippen molar-refractivity contribution in [1.29, 1.82) is 0 Å². The molecule has 0 heterocycles. The van der Waals surface area contributed by atoms with Crippen LogP contribution in [0, 0.1) is 0 Å². The smallest absolute Gasteiger partial charge is 0.322 e. The molecule has 0 aliphatic rings. The summed E-state index contributed by atoms with van der Waals surface area (Å²) < 4.78 is 27.8. The lowest BCUT2D eigenvalue weighted by Crippen LogP contribution is -2.36. The maximum absolute atomic E-state index is 11.6. The number of carboxylic acids is 1. The number of nitrogens with two attached hydrogens (primary N) is 1. The number of carboxylic acid groups (broad SMARTS) is 1. The van der Waals surface area contributed by atoms with Crippen molar-refractivity contribution in [2.24, 2.45) is 5.73 Å². The highest BCUT2D eigenvalue weighted by Gasteiger charge is 2.17. The van der Waals surface area contributed by atoms with E-state index in [4.69, 9.17) is 10.8 Å². The second-order valence-electron chi connectivity index (χ2n) is 7.09. The molecule has 0 saturated carbocycles. The largest absolute Gasteiger partial charge is 0.480 e. The first kappa shape index (κ1) is 25.3. The first-order valence-electron chi connectivity index (χ1n) is 10.2. The molecule has 0 aliphatic carbocycles. The average molecular weight is 394 g/mol. The SMILES string of the molecule is CCCCCCCCCCCCCCCCS(=O)(=O)OC[C@H](N)C(=O)O. The zero-order valence-corrected chi connectivity index (χ0v) is 17.3. The minimum absolute atomic E-state index is 0.0721. The Morgan fingerprint density at radius 1 is 0.846 bits per heavy atom. The highest BCUT2D eigenvalue weighted by Crippen LogP contribution is 2.13. The number of carbonyl (C=O) groups is 1. The van der Waals surface area contributed by atoms with Gasteiger partial charge >= 0.3 is 5.97 Å². The Morgan fingerprint density at radius 3 is 1.62 bits per heavy atom. The highest BCUT2D eigenvalue weighted by atomic mass is 32.2. The predicted molar refractivity (Wildman–Crippen MR) is 106 cm³/mol. The van der Waals surface area contributed by atoms with Gasteiger partial charge in [0, 0.05) is 0 Å². The van der Waals surface area contributed by atoms with Gasteiger partial charge in [0.25, 0.3) is 10.1 Å². The predicted octanol–water partition coefficient (Wildman–Crippen LogP) is 4.23. The van der Waals surface area contributed by atoms with Crippen LogP contribution in [0.2, 0.25) is 0 Å². The summed E-state index contributed by atoms with van der Waals surface area (Å²) in [6, 6.07) is -1.30. The summed E-state index contributed by atoms with van der Waals surface area (Å²) in [5.74, 6) is -1.34. The van der Waals surface area contributed by atoms with Crippen LogP contribution < -0.4 is 5.73 Å². The van der Waals surface area contributed by atoms with E-state index in [1.165, 1.54) is 64.2 Å². The van der Waals surface area contributed by atoms with Crippen LogP contribution in [-0.4, -0.2) is 37.9 Å². The molecule has 0 spiro atoms. The Hall–Kier alpha value is -0.660. The minimum atomic E-state index is -3.67. The second kappa shape index (κ2) is 16.5. The zero-order valence-electron chi connectivity index (χ0n) is 16.5. The van der Waals surface area contributed by atoms with Gasteiger partial charge in [-0.15, -0.1) is 0 Å². The molecular weight excluding hydrogens is 354 g/mol. The molecule has 156 valence electrons. The third-order valence-corrected chi connectivity index (χ3v) is 5.78. The van der Waals surface area contributed by atoms with E-state index in [0.717, 1.165) is 19.3 Å². The van der Waals surface area contributed by atoms with Gasteiger partial charge in [-0.3, -0.25) is 8.98 Å². The van der Waals surface area contributed by atoms with Crippen molar-refractivity contribution in [3.8, 4) is 0 Å². The number of hydrogen-bond donors (Lipinski definition) is 2. The minimum Gasteiger partial charge on any atom is -0.480 e. The van der Waals surface area contributed by atoms with Crippen molar-refractivity contribution in [2.75, 3.05) is 12.4 Å². The fourth-order valence-electron chi connectivity index (χ4n) is 2.78. The van der Waals surface area contributed by atoms with Gasteiger partial charge in [-0.05, 0) is 6.42 Å². The van der Waals surface area contributed by atoms with Crippen molar-refractivity contribution in [2.45, 2.75) is 103 Å². The van der Waals surface area contributed by atoms with Crippen LogP contribution in [0.4, 0.5) is 0 Å². The molecule has 1 atom stereocenters. The summed E-state index contributed by atoms with van der Waals surface area (Å²) in [4.78, 5) is 10.5. The van der Waals surface area contributed by atoms with Gasteiger partial charge < -0.3 is 10.8 Å². The Labute approximate surface area is 160 Å². The van der Waals surface area contributed by atoms with Crippen molar-refractivity contribution in [3.05, 3.63) is 0 Å². The normalized spacial score (nSPS) is 13.0. The second-order valence-corrected chi connectivity index (χ2v) is 8.85. The van der Waals surface area contributed by atoms with Gasteiger partial charge in [0.2, 0.25) is 0 Å². The molecule has 0 radical (unpaired) electrons. The first-order valence-corrected chi connectivity index (χ1v) is 11.8. The summed E-state index contributed by atoms with van der Waals surface area (Å²) in [5.41, 5.74) is 5.22. The van der Waals surface area contributed by atoms with Gasteiger partial charge in [0.15, 0.2) is 0 Å². The molecule has 3 N–H and O–H groups in total. The maximum atomic E-state index is 11.6. The molecule has 0 aliphatic heterocycles. The molecule has 0 aromatic heterocycles. The summed E-state index contributed by atoms with van der Waals surface area (Å²) in [5, 5.41) is 8.59. The van der Waals surface area contributed by atoms with E-state index in [-0.39, 0.29) is 5.75 Å². The summed E-state index contributed by atoms with van der Waals surface area (Å²) >= 11 is 0. The van der Waals surface area contributed by atoms with Crippen LogP contribution in [0.5, 0.6) is 0 Å². The third kappa shape index (κ3) is 16.8. The van der Waals surface area contributed by atoms with Crippen LogP contribution in [0.25, 0.3) is 0 Å². The van der Waals surface area contributed by atoms with Crippen LogP contribution in [0.1, 0.15) is 96.8 Å². The van der Waals surface area contributed by atoms with E-state index >= 15 is 0 Å². The van der Waals surface area contributed by atoms with E-state index in [2.05, 4.69) is 11.1 Å². The Morgan fingerprint density at radius 2 is 1.23 bits per heavy atom. The van der Waals surface area contributed by atoms with Gasteiger partial charge in [-0.25, -0.2) is 0 Å². The molecule has 0 unspecified atom stereocenters. The van der Waals surface area contributed by atoms with Crippen molar-refractivity contribution in [1.82, 2.24) is 0 Å². The number of aliphatic carboxylic acids is 1. The lowest BCUT2D eigenvalue weighted by atomic mass is 10.0. The van der Waals surface area contributed by atoms with Crippen LogP contribution in [0.15, 0.2) is 0 Å². The van der Waals surface area contributed by atoms with Gasteiger partial charge in [-0.1, -0.05) is 90.4 Å². The van der Waals surface area contributed by atoms with Crippen LogP contribution >= 0.6 is 0 Å². The maximum Gasteiger partial charge on any atom is 0.322 e. The van der Waals surface area contributed by atoms with E-state index in [1.54, 1.807) is 0 Å². The molecule has 7 heteroatoms. The summed E-state index contributed by atoms with van der Waals surface area (Å²) in [6.07, 6.45) is 16.8. The van der Waals surface area contributed by atoms with Crippen molar-refractivity contribution >= 4 is 16.1 Å². The zero-order chi connectivity index (χ0) is 19.7. The number of hydrogen-bond acceptors (Lipinski definition) is 5. The van der Waals surface area contributed by atoms with Crippen LogP contribution in [-0.2, 0) is 19.1 Å². The molecule has 0 saturated heterocycles. The van der Waals surface area contributed by atoms with Gasteiger partial charge in [0.1, 0.15) is 6.04 Å². The molecule has 6 nitrogen and oxygen atoms in total. The van der Waals surface area contributed by atoms with E-state index < -0.39 is 28.7 Å². The van der Waals surface area contributed by atoms with Crippen LogP contribution in [0.3, 0.4) is 0 Å². The standard InChI is InChI=1S/C19H39NO5S/c1-2-3-4-5-6-7-8-9-10-11-12-13-14-15-16-26(23,24)25-17-18(20)19(21)22/h18H,2-17,20H2,1H3,(H,21,22)/t18-/m0/s1. The summed E-state index contributed by atoms with van der Waals surface area (Å²) in [6.45, 7) is 1.74. The molecule has 0 rings (SSSR count). The Balaban J connectivity index is 3.38. The van der Waals surface area contributed by atoms with E-state index in [1.807, 2.05) is 0 Å². The number of unbranched alkanes of at least 4 members (excludes halogenated alkanes) is 13. The fraction of sp³-hybridized carbons (Fsp3) is 0.947. The van der Waals surface area contributed by atoms with Crippen molar-refractivity contribution < 1.29 is 22.5 Å². The molecule has 0 aromatic carbocycles.